The number of fused-ring (bicyclic) bond motifs is 1. The Balaban J connectivity index is 2.32. The molecule has 18 heavy (non-hydrogen) atoms. The zero-order valence-electron chi connectivity index (χ0n) is 9.95. The van der Waals surface area contributed by atoms with E-state index in [9.17, 15) is 10.2 Å². The molecule has 2 aromatic rings. The monoisotopic (exact) mass is 247 g/mol. The molecule has 0 saturated carbocycles. The van der Waals surface area contributed by atoms with Crippen molar-refractivity contribution >= 4 is 16.5 Å². The van der Waals surface area contributed by atoms with Gasteiger partial charge in [-0.05, 0) is 41.0 Å². The smallest absolute Gasteiger partial charge is 0.105 e. The summed E-state index contributed by atoms with van der Waals surface area (Å²) in [6.07, 6.45) is -1.79. The molecule has 2 aromatic carbocycles. The lowest BCUT2D eigenvalue weighted by molar-refractivity contribution is 0.00429. The highest BCUT2D eigenvalue weighted by atomic mass is 16.3. The van der Waals surface area contributed by atoms with E-state index in [1.165, 1.54) is 0 Å². The van der Waals surface area contributed by atoms with Crippen molar-refractivity contribution in [2.45, 2.75) is 18.6 Å². The zero-order valence-corrected chi connectivity index (χ0v) is 9.95. The molecule has 4 nitrogen and oxygen atoms in total. The third-order valence-electron chi connectivity index (χ3n) is 3.02. The Morgan fingerprint density at radius 2 is 1.67 bits per heavy atom. The van der Waals surface area contributed by atoms with Gasteiger partial charge in [0.15, 0.2) is 0 Å². The second-order valence-electron chi connectivity index (χ2n) is 4.39. The van der Waals surface area contributed by atoms with Crippen LogP contribution >= 0.6 is 0 Å². The maximum absolute atomic E-state index is 9.95. The van der Waals surface area contributed by atoms with Crippen molar-refractivity contribution in [3.05, 3.63) is 42.0 Å². The van der Waals surface area contributed by atoms with Gasteiger partial charge in [-0.2, -0.15) is 0 Å². The maximum Gasteiger partial charge on any atom is 0.105 e. The van der Waals surface area contributed by atoms with E-state index in [1.807, 2.05) is 24.3 Å². The second-order valence-corrected chi connectivity index (χ2v) is 4.39. The average molecular weight is 247 g/mol. The third-order valence-corrected chi connectivity index (χ3v) is 3.02. The summed E-state index contributed by atoms with van der Waals surface area (Å²) in [5, 5.41) is 30.3. The van der Waals surface area contributed by atoms with E-state index in [4.69, 9.17) is 10.8 Å². The fourth-order valence-electron chi connectivity index (χ4n) is 1.98. The number of aliphatic hydroxyl groups is 3. The topological polar surface area (TPSA) is 86.7 Å². The largest absolute Gasteiger partial charge is 0.399 e. The van der Waals surface area contributed by atoms with Crippen molar-refractivity contribution in [3.63, 3.8) is 0 Å². The van der Waals surface area contributed by atoms with Crippen molar-refractivity contribution in [3.8, 4) is 0 Å². The van der Waals surface area contributed by atoms with Crippen LogP contribution in [0, 0.1) is 0 Å². The van der Waals surface area contributed by atoms with Crippen molar-refractivity contribution in [1.82, 2.24) is 0 Å². The highest BCUT2D eigenvalue weighted by molar-refractivity contribution is 5.86. The molecular formula is C14H17NO3. The molecule has 2 unspecified atom stereocenters. The lowest BCUT2D eigenvalue weighted by atomic mass is 9.99. The quantitative estimate of drug-likeness (QED) is 0.611. The molecule has 0 aliphatic carbocycles. The van der Waals surface area contributed by atoms with E-state index in [0.717, 1.165) is 10.8 Å². The number of nitrogen functional groups attached to an aromatic ring is 1. The predicted octanol–water partition coefficient (Wildman–Crippen LogP) is 1.20. The summed E-state index contributed by atoms with van der Waals surface area (Å²) in [7, 11) is 0. The minimum atomic E-state index is -0.987. The second kappa shape index (κ2) is 5.35. The predicted molar refractivity (Wildman–Crippen MR) is 71.0 cm³/mol. The van der Waals surface area contributed by atoms with Gasteiger partial charge in [0.25, 0.3) is 0 Å². The highest BCUT2D eigenvalue weighted by Crippen LogP contribution is 2.24. The number of anilines is 1. The molecular weight excluding hydrogens is 230 g/mol. The molecule has 0 bridgehead atoms. The van der Waals surface area contributed by atoms with Crippen LogP contribution in [-0.2, 0) is 0 Å². The van der Waals surface area contributed by atoms with E-state index < -0.39 is 12.2 Å². The Hall–Kier alpha value is -1.62. The molecule has 96 valence electrons. The van der Waals surface area contributed by atoms with Gasteiger partial charge in [-0.15, -0.1) is 0 Å². The van der Waals surface area contributed by atoms with E-state index in [1.54, 1.807) is 12.1 Å². The van der Waals surface area contributed by atoms with Gasteiger partial charge in [-0.1, -0.05) is 18.2 Å². The van der Waals surface area contributed by atoms with E-state index >= 15 is 0 Å². The van der Waals surface area contributed by atoms with Crippen LogP contribution in [0.25, 0.3) is 10.8 Å². The molecule has 0 radical (unpaired) electrons. The van der Waals surface area contributed by atoms with Gasteiger partial charge in [-0.25, -0.2) is 0 Å². The first-order valence-electron chi connectivity index (χ1n) is 5.88. The molecule has 2 rings (SSSR count). The molecule has 0 aromatic heterocycles. The fraction of sp³-hybridized carbons (Fsp3) is 0.286. The molecule has 0 heterocycles. The summed E-state index contributed by atoms with van der Waals surface area (Å²) >= 11 is 0. The maximum atomic E-state index is 9.95. The van der Waals surface area contributed by atoms with E-state index in [0.29, 0.717) is 11.3 Å². The van der Waals surface area contributed by atoms with Gasteiger partial charge in [0.1, 0.15) is 6.10 Å². The molecule has 0 amide bonds. The number of hydrogen-bond donors (Lipinski definition) is 4. The van der Waals surface area contributed by atoms with Crippen LogP contribution in [0.15, 0.2) is 36.4 Å². The summed E-state index contributed by atoms with van der Waals surface area (Å²) in [5.74, 6) is 0. The first-order chi connectivity index (χ1) is 8.61. The average Bonchev–Trinajstić information content (AvgIpc) is 2.37. The van der Waals surface area contributed by atoms with Crippen LogP contribution in [0.3, 0.4) is 0 Å². The van der Waals surface area contributed by atoms with Gasteiger partial charge in [0, 0.05) is 12.3 Å². The molecule has 0 spiro atoms. The molecule has 4 heteroatoms. The molecule has 0 saturated heterocycles. The molecule has 0 aliphatic rings. The SMILES string of the molecule is Nc1ccc2cc(C(O)C(O)CCO)ccc2c1. The van der Waals surface area contributed by atoms with Crippen molar-refractivity contribution in [2.24, 2.45) is 0 Å². The first-order valence-corrected chi connectivity index (χ1v) is 5.88. The highest BCUT2D eigenvalue weighted by Gasteiger charge is 2.17. The van der Waals surface area contributed by atoms with E-state index in [-0.39, 0.29) is 13.0 Å². The normalized spacial score (nSPS) is 14.6. The van der Waals surface area contributed by atoms with Crippen LogP contribution in [0.5, 0.6) is 0 Å². The van der Waals surface area contributed by atoms with Crippen molar-refractivity contribution in [2.75, 3.05) is 12.3 Å². The number of benzene rings is 2. The molecule has 0 fully saturated rings. The zero-order chi connectivity index (χ0) is 13.1. The lowest BCUT2D eigenvalue weighted by Gasteiger charge is -2.17. The van der Waals surface area contributed by atoms with Crippen LogP contribution in [0.4, 0.5) is 5.69 Å². The van der Waals surface area contributed by atoms with Gasteiger partial charge in [0.2, 0.25) is 0 Å². The minimum Gasteiger partial charge on any atom is -0.399 e. The minimum absolute atomic E-state index is 0.150. The third kappa shape index (κ3) is 2.61. The van der Waals surface area contributed by atoms with E-state index in [2.05, 4.69) is 0 Å². The molecule has 0 aliphatic heterocycles. The van der Waals surface area contributed by atoms with Crippen molar-refractivity contribution in [1.29, 1.82) is 0 Å². The number of aliphatic hydroxyl groups excluding tert-OH is 3. The summed E-state index contributed by atoms with van der Waals surface area (Å²) in [6, 6.07) is 11.0. The summed E-state index contributed by atoms with van der Waals surface area (Å²) in [4.78, 5) is 0. The standard InChI is InChI=1S/C14H17NO3/c15-12-4-3-9-7-11(2-1-10(9)8-12)14(18)13(17)5-6-16/h1-4,7-8,13-14,16-18H,5-6,15H2. The van der Waals surface area contributed by atoms with Crippen LogP contribution in [0.1, 0.15) is 18.1 Å². The number of nitrogens with two attached hydrogens (primary N) is 1. The summed E-state index contributed by atoms with van der Waals surface area (Å²) < 4.78 is 0. The van der Waals surface area contributed by atoms with Crippen molar-refractivity contribution < 1.29 is 15.3 Å². The van der Waals surface area contributed by atoms with Gasteiger partial charge >= 0.3 is 0 Å². The van der Waals surface area contributed by atoms with Crippen LogP contribution in [0.2, 0.25) is 0 Å². The summed E-state index contributed by atoms with van der Waals surface area (Å²) in [6.45, 7) is -0.150. The Bertz CT molecular complexity index is 542. The number of rotatable bonds is 4. The molecule has 5 N–H and O–H groups in total. The van der Waals surface area contributed by atoms with Gasteiger partial charge < -0.3 is 21.1 Å². The Labute approximate surface area is 105 Å². The number of hydrogen-bond acceptors (Lipinski definition) is 4. The lowest BCUT2D eigenvalue weighted by Crippen LogP contribution is -2.19. The molecule has 2 atom stereocenters. The van der Waals surface area contributed by atoms with Gasteiger partial charge in [-0.3, -0.25) is 0 Å². The summed E-state index contributed by atoms with van der Waals surface area (Å²) in [5.41, 5.74) is 7.02. The first kappa shape index (κ1) is 12.8. The van der Waals surface area contributed by atoms with Gasteiger partial charge in [0.05, 0.1) is 6.10 Å². The van der Waals surface area contributed by atoms with Crippen LogP contribution < -0.4 is 5.73 Å². The Kier molecular flexibility index (Phi) is 3.81. The fourth-order valence-corrected chi connectivity index (χ4v) is 1.98. The van der Waals surface area contributed by atoms with Crippen LogP contribution in [-0.4, -0.2) is 28.0 Å². The Morgan fingerprint density at radius 3 is 2.39 bits per heavy atom. The Morgan fingerprint density at radius 1 is 1.00 bits per heavy atom.